The van der Waals surface area contributed by atoms with Gasteiger partial charge in [0.05, 0.1) is 17.6 Å². The summed E-state index contributed by atoms with van der Waals surface area (Å²) in [7, 11) is 0. The average Bonchev–Trinajstić information content (AvgIpc) is 2.55. The molecule has 3 heteroatoms. The van der Waals surface area contributed by atoms with Gasteiger partial charge in [0.25, 0.3) is 0 Å². The molecule has 3 nitrogen and oxygen atoms in total. The first-order chi connectivity index (χ1) is 7.59. The van der Waals surface area contributed by atoms with Crippen LogP contribution in [0.4, 0.5) is 0 Å². The third-order valence-electron chi connectivity index (χ3n) is 3.54. The molecule has 0 spiro atoms. The first kappa shape index (κ1) is 11.6. The van der Waals surface area contributed by atoms with Crippen LogP contribution >= 0.6 is 0 Å². The standard InChI is InChI=1S/C13H23N3/c1-13(2,14)12-9-15-10-16(12)11-7-5-3-4-6-8-11/h9-11H,3-8,14H2,1-2H3. The van der Waals surface area contributed by atoms with Crippen molar-refractivity contribution in [3.8, 4) is 0 Å². The lowest BCUT2D eigenvalue weighted by Gasteiger charge is -2.25. The predicted molar refractivity (Wildman–Crippen MR) is 66.2 cm³/mol. The molecule has 0 saturated heterocycles. The highest BCUT2D eigenvalue weighted by molar-refractivity contribution is 5.11. The smallest absolute Gasteiger partial charge is 0.0951 e. The van der Waals surface area contributed by atoms with Crippen LogP contribution in [-0.2, 0) is 5.54 Å². The van der Waals surface area contributed by atoms with Gasteiger partial charge in [-0.15, -0.1) is 0 Å². The summed E-state index contributed by atoms with van der Waals surface area (Å²) in [5.41, 5.74) is 7.06. The maximum absolute atomic E-state index is 6.19. The second-order valence-electron chi connectivity index (χ2n) is 5.55. The van der Waals surface area contributed by atoms with E-state index in [4.69, 9.17) is 5.73 Å². The Morgan fingerprint density at radius 2 is 1.88 bits per heavy atom. The van der Waals surface area contributed by atoms with Crippen LogP contribution in [0.1, 0.15) is 64.1 Å². The van der Waals surface area contributed by atoms with Gasteiger partial charge in [-0.25, -0.2) is 4.98 Å². The minimum Gasteiger partial charge on any atom is -0.330 e. The number of nitrogens with two attached hydrogens (primary N) is 1. The summed E-state index contributed by atoms with van der Waals surface area (Å²) >= 11 is 0. The molecule has 1 aromatic rings. The van der Waals surface area contributed by atoms with Gasteiger partial charge in [-0.2, -0.15) is 0 Å². The van der Waals surface area contributed by atoms with Gasteiger partial charge in [0.1, 0.15) is 0 Å². The number of hydrogen-bond acceptors (Lipinski definition) is 2. The van der Waals surface area contributed by atoms with Gasteiger partial charge in [0.15, 0.2) is 0 Å². The minimum absolute atomic E-state index is 0.289. The molecule has 1 aliphatic carbocycles. The molecule has 1 aromatic heterocycles. The Hall–Kier alpha value is -0.830. The van der Waals surface area contributed by atoms with E-state index in [0.29, 0.717) is 6.04 Å². The van der Waals surface area contributed by atoms with E-state index in [1.54, 1.807) is 0 Å². The molecule has 2 N–H and O–H groups in total. The number of aromatic nitrogens is 2. The van der Waals surface area contributed by atoms with Crippen LogP contribution in [0.3, 0.4) is 0 Å². The Balaban J connectivity index is 2.22. The Morgan fingerprint density at radius 1 is 1.25 bits per heavy atom. The first-order valence-corrected chi connectivity index (χ1v) is 6.40. The van der Waals surface area contributed by atoms with Gasteiger partial charge in [0, 0.05) is 12.2 Å². The van der Waals surface area contributed by atoms with E-state index in [9.17, 15) is 0 Å². The Morgan fingerprint density at radius 3 is 2.44 bits per heavy atom. The molecule has 1 heterocycles. The number of imidazole rings is 1. The lowest BCUT2D eigenvalue weighted by molar-refractivity contribution is 0.396. The van der Waals surface area contributed by atoms with E-state index in [1.807, 2.05) is 12.5 Å². The summed E-state index contributed by atoms with van der Waals surface area (Å²) < 4.78 is 2.31. The topological polar surface area (TPSA) is 43.8 Å². The summed E-state index contributed by atoms with van der Waals surface area (Å²) in [6.45, 7) is 4.11. The highest BCUT2D eigenvalue weighted by Gasteiger charge is 2.23. The van der Waals surface area contributed by atoms with Crippen molar-refractivity contribution >= 4 is 0 Å². The van der Waals surface area contributed by atoms with E-state index < -0.39 is 0 Å². The minimum atomic E-state index is -0.289. The Bertz CT molecular complexity index is 327. The van der Waals surface area contributed by atoms with Gasteiger partial charge < -0.3 is 10.3 Å². The fourth-order valence-corrected chi connectivity index (χ4v) is 2.63. The van der Waals surface area contributed by atoms with Crippen LogP contribution < -0.4 is 5.73 Å². The van der Waals surface area contributed by atoms with Crippen molar-refractivity contribution < 1.29 is 0 Å². The van der Waals surface area contributed by atoms with Crippen molar-refractivity contribution in [2.75, 3.05) is 0 Å². The third kappa shape index (κ3) is 2.46. The van der Waals surface area contributed by atoms with Crippen molar-refractivity contribution in [1.29, 1.82) is 0 Å². The van der Waals surface area contributed by atoms with Crippen molar-refractivity contribution in [2.45, 2.75) is 64.0 Å². The summed E-state index contributed by atoms with van der Waals surface area (Å²) in [4.78, 5) is 4.28. The lowest BCUT2D eigenvalue weighted by atomic mass is 10.0. The van der Waals surface area contributed by atoms with Crippen LogP contribution in [0.25, 0.3) is 0 Å². The summed E-state index contributed by atoms with van der Waals surface area (Å²) in [5, 5.41) is 0. The monoisotopic (exact) mass is 221 g/mol. The average molecular weight is 221 g/mol. The molecule has 0 radical (unpaired) electrons. The zero-order valence-electron chi connectivity index (χ0n) is 10.4. The molecule has 0 aliphatic heterocycles. The molecule has 1 saturated carbocycles. The number of rotatable bonds is 2. The second kappa shape index (κ2) is 4.58. The van der Waals surface area contributed by atoms with Gasteiger partial charge in [-0.1, -0.05) is 25.7 Å². The van der Waals surface area contributed by atoms with Gasteiger partial charge in [-0.3, -0.25) is 0 Å². The molecule has 1 aliphatic rings. The van der Waals surface area contributed by atoms with E-state index >= 15 is 0 Å². The summed E-state index contributed by atoms with van der Waals surface area (Å²) in [6.07, 6.45) is 11.9. The summed E-state index contributed by atoms with van der Waals surface area (Å²) in [5.74, 6) is 0. The molecule has 0 atom stereocenters. The van der Waals surface area contributed by atoms with Crippen molar-refractivity contribution in [3.05, 3.63) is 18.2 Å². The van der Waals surface area contributed by atoms with Crippen LogP contribution in [0.2, 0.25) is 0 Å². The summed E-state index contributed by atoms with van der Waals surface area (Å²) in [6, 6.07) is 0.614. The zero-order chi connectivity index (χ0) is 11.6. The highest BCUT2D eigenvalue weighted by Crippen LogP contribution is 2.30. The molecule has 16 heavy (non-hydrogen) atoms. The van der Waals surface area contributed by atoms with Crippen LogP contribution in [0.5, 0.6) is 0 Å². The van der Waals surface area contributed by atoms with Crippen LogP contribution in [0.15, 0.2) is 12.5 Å². The molecule has 2 rings (SSSR count). The maximum Gasteiger partial charge on any atom is 0.0951 e. The Labute approximate surface area is 98.1 Å². The molecule has 0 amide bonds. The van der Waals surface area contributed by atoms with Gasteiger partial charge >= 0.3 is 0 Å². The number of hydrogen-bond donors (Lipinski definition) is 1. The van der Waals surface area contributed by atoms with E-state index in [2.05, 4.69) is 23.4 Å². The van der Waals surface area contributed by atoms with E-state index in [0.717, 1.165) is 0 Å². The Kier molecular flexibility index (Phi) is 3.33. The molecule has 1 fully saturated rings. The first-order valence-electron chi connectivity index (χ1n) is 6.40. The molecule has 0 unspecified atom stereocenters. The molecule has 0 aromatic carbocycles. The normalized spacial score (nSPS) is 19.7. The predicted octanol–water partition coefficient (Wildman–Crippen LogP) is 2.97. The molecule has 0 bridgehead atoms. The zero-order valence-corrected chi connectivity index (χ0v) is 10.4. The quantitative estimate of drug-likeness (QED) is 0.780. The molecular formula is C13H23N3. The lowest BCUT2D eigenvalue weighted by Crippen LogP contribution is -2.32. The van der Waals surface area contributed by atoms with Crippen LogP contribution in [-0.4, -0.2) is 9.55 Å². The second-order valence-corrected chi connectivity index (χ2v) is 5.55. The highest BCUT2D eigenvalue weighted by atomic mass is 15.1. The van der Waals surface area contributed by atoms with E-state index in [1.165, 1.54) is 44.2 Å². The van der Waals surface area contributed by atoms with Gasteiger partial charge in [0.2, 0.25) is 0 Å². The van der Waals surface area contributed by atoms with Crippen molar-refractivity contribution in [1.82, 2.24) is 9.55 Å². The van der Waals surface area contributed by atoms with Gasteiger partial charge in [-0.05, 0) is 26.7 Å². The van der Waals surface area contributed by atoms with Crippen molar-refractivity contribution in [3.63, 3.8) is 0 Å². The molecular weight excluding hydrogens is 198 g/mol. The van der Waals surface area contributed by atoms with E-state index in [-0.39, 0.29) is 5.54 Å². The third-order valence-corrected chi connectivity index (χ3v) is 3.54. The molecule has 90 valence electrons. The fourth-order valence-electron chi connectivity index (χ4n) is 2.63. The largest absolute Gasteiger partial charge is 0.330 e. The van der Waals surface area contributed by atoms with Crippen LogP contribution in [0, 0.1) is 0 Å². The maximum atomic E-state index is 6.19. The number of nitrogens with zero attached hydrogens (tertiary/aromatic N) is 2. The SMILES string of the molecule is CC(C)(N)c1cncn1C1CCCCCC1. The fraction of sp³-hybridized carbons (Fsp3) is 0.769. The van der Waals surface area contributed by atoms with Crippen molar-refractivity contribution in [2.24, 2.45) is 5.73 Å².